The third kappa shape index (κ3) is 3.18. The number of halogens is 1. The summed E-state index contributed by atoms with van der Waals surface area (Å²) >= 11 is 3.37. The SMILES string of the molecule is Cc1cc(NN)nc(Cn2cc(Br)cc(C)c2=O)n1. The second-order valence-corrected chi connectivity index (χ2v) is 5.15. The maximum Gasteiger partial charge on any atom is 0.253 e. The fraction of sp³-hybridized carbons (Fsp3) is 0.250. The lowest BCUT2D eigenvalue weighted by molar-refractivity contribution is 0.704. The maximum absolute atomic E-state index is 12.0. The molecule has 0 radical (unpaired) electrons. The van der Waals surface area contributed by atoms with Crippen LogP contribution in [0.5, 0.6) is 0 Å². The Hall–Kier alpha value is -1.73. The molecule has 0 atom stereocenters. The van der Waals surface area contributed by atoms with E-state index in [0.29, 0.717) is 23.8 Å². The number of nitrogen functional groups attached to an aromatic ring is 1. The molecule has 100 valence electrons. The number of aryl methyl sites for hydroxylation is 2. The van der Waals surface area contributed by atoms with Gasteiger partial charge in [0.1, 0.15) is 5.82 Å². The highest BCUT2D eigenvalue weighted by molar-refractivity contribution is 9.10. The summed E-state index contributed by atoms with van der Waals surface area (Å²) in [4.78, 5) is 20.5. The Kier molecular flexibility index (Phi) is 3.96. The summed E-state index contributed by atoms with van der Waals surface area (Å²) in [6.07, 6.45) is 1.72. The van der Waals surface area contributed by atoms with Crippen LogP contribution in [0.25, 0.3) is 0 Å². The average Bonchev–Trinajstić information content (AvgIpc) is 2.34. The smallest absolute Gasteiger partial charge is 0.253 e. The van der Waals surface area contributed by atoms with Crippen molar-refractivity contribution in [2.24, 2.45) is 5.84 Å². The van der Waals surface area contributed by atoms with E-state index in [4.69, 9.17) is 5.84 Å². The normalized spacial score (nSPS) is 10.5. The molecule has 2 aromatic heterocycles. The molecule has 6 nitrogen and oxygen atoms in total. The second kappa shape index (κ2) is 5.50. The first kappa shape index (κ1) is 13.7. The number of hydrogen-bond donors (Lipinski definition) is 2. The summed E-state index contributed by atoms with van der Waals surface area (Å²) in [6.45, 7) is 3.92. The van der Waals surface area contributed by atoms with E-state index in [-0.39, 0.29) is 5.56 Å². The molecule has 19 heavy (non-hydrogen) atoms. The Morgan fingerprint density at radius 3 is 2.79 bits per heavy atom. The van der Waals surface area contributed by atoms with Gasteiger partial charge >= 0.3 is 0 Å². The molecule has 3 N–H and O–H groups in total. The van der Waals surface area contributed by atoms with Gasteiger partial charge in [0, 0.05) is 28.0 Å². The molecule has 0 aliphatic carbocycles. The minimum Gasteiger partial charge on any atom is -0.308 e. The van der Waals surface area contributed by atoms with Gasteiger partial charge in [-0.1, -0.05) is 0 Å². The highest BCUT2D eigenvalue weighted by Crippen LogP contribution is 2.10. The lowest BCUT2D eigenvalue weighted by Crippen LogP contribution is -2.23. The molecule has 2 heterocycles. The Labute approximate surface area is 118 Å². The number of nitrogens with zero attached hydrogens (tertiary/aromatic N) is 3. The van der Waals surface area contributed by atoms with Gasteiger partial charge in [-0.3, -0.25) is 4.79 Å². The molecule has 0 aliphatic rings. The van der Waals surface area contributed by atoms with E-state index in [0.717, 1.165) is 10.2 Å². The van der Waals surface area contributed by atoms with Crippen LogP contribution in [0, 0.1) is 13.8 Å². The van der Waals surface area contributed by atoms with Crippen LogP contribution in [0.4, 0.5) is 5.82 Å². The van der Waals surface area contributed by atoms with Gasteiger partial charge in [-0.05, 0) is 35.8 Å². The van der Waals surface area contributed by atoms with Gasteiger partial charge in [0.05, 0.1) is 6.54 Å². The van der Waals surface area contributed by atoms with Crippen molar-refractivity contribution in [1.29, 1.82) is 0 Å². The molecule has 0 spiro atoms. The van der Waals surface area contributed by atoms with Crippen molar-refractivity contribution in [3.63, 3.8) is 0 Å². The molecular formula is C12H14BrN5O. The third-order valence-electron chi connectivity index (χ3n) is 2.59. The predicted octanol–water partition coefficient (Wildman–Crippen LogP) is 1.35. The fourth-order valence-electron chi connectivity index (χ4n) is 1.78. The van der Waals surface area contributed by atoms with Crippen molar-refractivity contribution in [2.45, 2.75) is 20.4 Å². The van der Waals surface area contributed by atoms with Crippen LogP contribution >= 0.6 is 15.9 Å². The Balaban J connectivity index is 2.41. The first-order chi connectivity index (χ1) is 8.99. The molecule has 0 bridgehead atoms. The van der Waals surface area contributed by atoms with E-state index < -0.39 is 0 Å². The van der Waals surface area contributed by atoms with Crippen molar-refractivity contribution in [3.05, 3.63) is 50.2 Å². The van der Waals surface area contributed by atoms with Crippen molar-refractivity contribution < 1.29 is 0 Å². The van der Waals surface area contributed by atoms with Crippen LogP contribution in [-0.4, -0.2) is 14.5 Å². The van der Waals surface area contributed by atoms with Crippen LogP contribution in [-0.2, 0) is 6.54 Å². The lowest BCUT2D eigenvalue weighted by atomic mass is 10.3. The molecule has 0 amide bonds. The first-order valence-electron chi connectivity index (χ1n) is 5.67. The summed E-state index contributed by atoms with van der Waals surface area (Å²) in [7, 11) is 0. The quantitative estimate of drug-likeness (QED) is 0.657. The molecule has 0 unspecified atom stereocenters. The first-order valence-corrected chi connectivity index (χ1v) is 6.46. The molecular weight excluding hydrogens is 310 g/mol. The van der Waals surface area contributed by atoms with Crippen molar-refractivity contribution in [1.82, 2.24) is 14.5 Å². The molecule has 0 fully saturated rings. The number of rotatable bonds is 3. The summed E-state index contributed by atoms with van der Waals surface area (Å²) in [5.74, 6) is 6.41. The predicted molar refractivity (Wildman–Crippen MR) is 76.8 cm³/mol. The zero-order valence-corrected chi connectivity index (χ0v) is 12.2. The largest absolute Gasteiger partial charge is 0.308 e. The van der Waals surface area contributed by atoms with Crippen molar-refractivity contribution in [3.8, 4) is 0 Å². The van der Waals surface area contributed by atoms with Crippen molar-refractivity contribution in [2.75, 3.05) is 5.43 Å². The number of nitrogens with one attached hydrogen (secondary N) is 1. The van der Waals surface area contributed by atoms with Crippen LogP contribution in [0.3, 0.4) is 0 Å². The summed E-state index contributed by atoms with van der Waals surface area (Å²) < 4.78 is 2.41. The molecule has 0 aromatic carbocycles. The highest BCUT2D eigenvalue weighted by atomic mass is 79.9. The molecule has 2 rings (SSSR count). The number of nitrogens with two attached hydrogens (primary N) is 1. The number of pyridine rings is 1. The van der Waals surface area contributed by atoms with Gasteiger partial charge in [0.25, 0.3) is 5.56 Å². The maximum atomic E-state index is 12.0. The summed E-state index contributed by atoms with van der Waals surface area (Å²) in [5, 5.41) is 0. The van der Waals surface area contributed by atoms with E-state index in [9.17, 15) is 4.79 Å². The van der Waals surface area contributed by atoms with E-state index >= 15 is 0 Å². The van der Waals surface area contributed by atoms with E-state index in [1.54, 1.807) is 29.8 Å². The van der Waals surface area contributed by atoms with E-state index in [1.165, 1.54) is 0 Å². The zero-order valence-electron chi connectivity index (χ0n) is 10.6. The van der Waals surface area contributed by atoms with Crippen molar-refractivity contribution >= 4 is 21.7 Å². The van der Waals surface area contributed by atoms with Gasteiger partial charge in [-0.2, -0.15) is 0 Å². The van der Waals surface area contributed by atoms with Gasteiger partial charge in [0.15, 0.2) is 5.82 Å². The van der Waals surface area contributed by atoms with Crippen LogP contribution in [0.15, 0.2) is 27.6 Å². The second-order valence-electron chi connectivity index (χ2n) is 4.23. The minimum atomic E-state index is -0.0597. The van der Waals surface area contributed by atoms with E-state index in [1.807, 2.05) is 6.92 Å². The Morgan fingerprint density at radius 2 is 2.11 bits per heavy atom. The number of hydrogen-bond acceptors (Lipinski definition) is 5. The topological polar surface area (TPSA) is 85.8 Å². The summed E-state index contributed by atoms with van der Waals surface area (Å²) in [6, 6.07) is 3.52. The van der Waals surface area contributed by atoms with Crippen LogP contribution in [0.2, 0.25) is 0 Å². The Morgan fingerprint density at radius 1 is 1.37 bits per heavy atom. The summed E-state index contributed by atoms with van der Waals surface area (Å²) in [5.41, 5.74) is 3.88. The lowest BCUT2D eigenvalue weighted by Gasteiger charge is -2.09. The zero-order chi connectivity index (χ0) is 14.0. The number of hydrazine groups is 1. The molecule has 0 saturated carbocycles. The fourth-order valence-corrected chi connectivity index (χ4v) is 2.37. The monoisotopic (exact) mass is 323 g/mol. The van der Waals surface area contributed by atoms with Gasteiger partial charge in [-0.25, -0.2) is 15.8 Å². The molecule has 7 heteroatoms. The molecule has 0 saturated heterocycles. The van der Waals surface area contributed by atoms with Gasteiger partial charge in [0.2, 0.25) is 0 Å². The van der Waals surface area contributed by atoms with E-state index in [2.05, 4.69) is 31.3 Å². The standard InChI is InChI=1S/C12H14BrN5O/c1-7-3-9(13)5-18(12(7)19)6-11-15-8(2)4-10(16-11)17-14/h3-5H,6,14H2,1-2H3,(H,15,16,17). The average molecular weight is 324 g/mol. The van der Waals surface area contributed by atoms with Gasteiger partial charge < -0.3 is 9.99 Å². The highest BCUT2D eigenvalue weighted by Gasteiger charge is 2.06. The molecule has 0 aliphatic heterocycles. The van der Waals surface area contributed by atoms with Crippen LogP contribution < -0.4 is 16.8 Å². The third-order valence-corrected chi connectivity index (χ3v) is 3.03. The number of aromatic nitrogens is 3. The minimum absolute atomic E-state index is 0.0597. The number of anilines is 1. The Bertz CT molecular complexity index is 668. The van der Waals surface area contributed by atoms with Gasteiger partial charge in [-0.15, -0.1) is 0 Å². The van der Waals surface area contributed by atoms with Crippen LogP contribution in [0.1, 0.15) is 17.1 Å². The molecule has 2 aromatic rings.